The van der Waals surface area contributed by atoms with Crippen LogP contribution < -0.4 is 5.32 Å². The first-order valence-corrected chi connectivity index (χ1v) is 35.7. The van der Waals surface area contributed by atoms with E-state index in [1.54, 1.807) is 6.08 Å². The van der Waals surface area contributed by atoms with Crippen LogP contribution in [0.5, 0.6) is 0 Å². The first kappa shape index (κ1) is 80.4. The van der Waals surface area contributed by atoms with Gasteiger partial charge in [0.15, 0.2) is 0 Å². The summed E-state index contributed by atoms with van der Waals surface area (Å²) in [5.74, 6) is -0.215. The van der Waals surface area contributed by atoms with E-state index in [1.807, 2.05) is 27.2 Å². The Bertz CT molecular complexity index is 1880. The number of carbonyl (C=O) groups excluding carboxylic acids is 1. The van der Waals surface area contributed by atoms with E-state index in [0.717, 1.165) is 116 Å². The number of allylic oxidation sites excluding steroid dienone is 23. The molecule has 3 unspecified atom stereocenters. The summed E-state index contributed by atoms with van der Waals surface area (Å²) in [6.45, 7) is 4.67. The van der Waals surface area contributed by atoms with Gasteiger partial charge in [0.25, 0.3) is 0 Å². The third-order valence-electron chi connectivity index (χ3n) is 14.5. The predicted molar refractivity (Wildman–Crippen MR) is 368 cm³/mol. The monoisotopic (exact) mass is 1190 g/mol. The van der Waals surface area contributed by atoms with Crippen molar-refractivity contribution in [2.24, 2.45) is 0 Å². The molecule has 0 spiro atoms. The maximum atomic E-state index is 13.0. The van der Waals surface area contributed by atoms with Crippen molar-refractivity contribution in [1.29, 1.82) is 0 Å². The fraction of sp³-hybridized carbons (Fsp3) is 0.667. The molecule has 0 saturated carbocycles. The topological polar surface area (TPSA) is 105 Å². The van der Waals surface area contributed by atoms with Gasteiger partial charge < -0.3 is 19.8 Å². The standard InChI is InChI=1S/C75H129N2O6P/c1-6-8-10-12-14-16-18-20-22-24-26-28-30-32-34-35-36-37-38-39-40-41-43-45-47-49-51-53-55-57-59-61-63-65-67-69-75(79)76-73(72-83-84(80,81)82-71-70-77(3,4)5)74(78)68-66-64-62-60-58-56-54-52-50-48-46-44-42-33-31-29-27-25-23-21-19-17-15-13-11-9-7-2/h8,10,14,16,20,22,26,28,32,34,36-37,39-40,43,45,49,51,55,57-58,60,66,68,73-74,78H,6-7,9,11-13,15,17-19,21,23-25,27,29-31,33,35,38,41-42,44,46-48,50,52-54,56,59,61-65,67,69-72H2,1-5H3,(H-,76,79,80,81)/p+1/b10-8-,16-14-,22-20-,28-26-,34-32-,37-36-,40-39-,45-43-,51-49-,57-55-,60-58+,68-66+. The summed E-state index contributed by atoms with van der Waals surface area (Å²) in [6.07, 6.45) is 98.4. The lowest BCUT2D eigenvalue weighted by molar-refractivity contribution is -0.870. The summed E-state index contributed by atoms with van der Waals surface area (Å²) in [4.78, 5) is 23.4. The third kappa shape index (κ3) is 65.9. The van der Waals surface area contributed by atoms with E-state index in [1.165, 1.54) is 135 Å². The average molecular weight is 1190 g/mol. The predicted octanol–water partition coefficient (Wildman–Crippen LogP) is 22.0. The van der Waals surface area contributed by atoms with Gasteiger partial charge in [-0.05, 0) is 109 Å². The molecule has 0 aliphatic rings. The number of aliphatic hydroxyl groups is 1. The number of likely N-dealkylation sites (N-methyl/N-ethyl adjacent to an activating group) is 1. The number of phosphoric ester groups is 1. The summed E-state index contributed by atoms with van der Waals surface area (Å²) < 4.78 is 23.8. The molecule has 1 amide bonds. The summed E-state index contributed by atoms with van der Waals surface area (Å²) in [5, 5.41) is 14.0. The van der Waals surface area contributed by atoms with E-state index in [4.69, 9.17) is 9.05 Å². The Morgan fingerprint density at radius 2 is 0.726 bits per heavy atom. The van der Waals surface area contributed by atoms with Gasteiger partial charge in [-0.3, -0.25) is 13.8 Å². The van der Waals surface area contributed by atoms with Crippen LogP contribution in [0.25, 0.3) is 0 Å². The fourth-order valence-electron chi connectivity index (χ4n) is 9.26. The first-order valence-electron chi connectivity index (χ1n) is 34.2. The SMILES string of the molecule is CC/C=C\C/C=C\C/C=C\C/C=C\C/C=C\C/C=C\C/C=C\C/C=C\C/C=C\C/C=C\CCCCCCC(=O)NC(COP(=O)(O)OCC[N+](C)(C)C)C(O)/C=C/CC/C=C/CCCCCCCCCCCCCCCCCCCCCCC. The van der Waals surface area contributed by atoms with Crippen LogP contribution in [0.4, 0.5) is 0 Å². The molecular formula is C75H130N2O6P+. The van der Waals surface area contributed by atoms with Crippen LogP contribution in [-0.2, 0) is 18.4 Å². The van der Waals surface area contributed by atoms with E-state index >= 15 is 0 Å². The number of hydrogen-bond acceptors (Lipinski definition) is 5. The van der Waals surface area contributed by atoms with Crippen LogP contribution >= 0.6 is 7.82 Å². The minimum Gasteiger partial charge on any atom is -0.387 e. The van der Waals surface area contributed by atoms with E-state index in [2.05, 4.69) is 153 Å². The van der Waals surface area contributed by atoms with Crippen molar-refractivity contribution < 1.29 is 32.9 Å². The fourth-order valence-corrected chi connectivity index (χ4v) is 10.00. The second-order valence-corrected chi connectivity index (χ2v) is 25.3. The van der Waals surface area contributed by atoms with Gasteiger partial charge in [0, 0.05) is 6.42 Å². The molecule has 480 valence electrons. The number of amides is 1. The molecule has 0 rings (SSSR count). The smallest absolute Gasteiger partial charge is 0.387 e. The van der Waals surface area contributed by atoms with Gasteiger partial charge in [0.2, 0.25) is 5.91 Å². The summed E-state index contributed by atoms with van der Waals surface area (Å²) >= 11 is 0. The molecule has 8 nitrogen and oxygen atoms in total. The minimum absolute atomic E-state index is 0.0430. The number of phosphoric acid groups is 1. The number of nitrogens with one attached hydrogen (secondary N) is 1. The summed E-state index contributed by atoms with van der Waals surface area (Å²) in [7, 11) is 1.52. The van der Waals surface area contributed by atoms with Crippen LogP contribution in [0, 0.1) is 0 Å². The van der Waals surface area contributed by atoms with Gasteiger partial charge in [0.05, 0.1) is 39.9 Å². The number of carbonyl (C=O) groups is 1. The van der Waals surface area contributed by atoms with Crippen molar-refractivity contribution in [1.82, 2.24) is 5.32 Å². The van der Waals surface area contributed by atoms with Gasteiger partial charge in [-0.1, -0.05) is 301 Å². The maximum Gasteiger partial charge on any atom is 0.472 e. The maximum absolute atomic E-state index is 13.0. The van der Waals surface area contributed by atoms with Crippen molar-refractivity contribution >= 4 is 13.7 Å². The van der Waals surface area contributed by atoms with Gasteiger partial charge in [-0.15, -0.1) is 0 Å². The minimum atomic E-state index is -4.38. The number of nitrogens with zero attached hydrogens (tertiary/aromatic N) is 1. The Hall–Kier alpha value is -3.62. The zero-order chi connectivity index (χ0) is 61.2. The quantitative estimate of drug-likeness (QED) is 0.0243. The number of quaternary nitrogens is 1. The third-order valence-corrected chi connectivity index (χ3v) is 15.5. The number of aliphatic hydroxyl groups excluding tert-OH is 1. The highest BCUT2D eigenvalue weighted by Crippen LogP contribution is 2.43. The Labute approximate surface area is 519 Å². The summed E-state index contributed by atoms with van der Waals surface area (Å²) in [5.41, 5.74) is 0. The second-order valence-electron chi connectivity index (χ2n) is 23.8. The lowest BCUT2D eigenvalue weighted by atomic mass is 10.0. The molecular weight excluding hydrogens is 1060 g/mol. The van der Waals surface area contributed by atoms with Crippen LogP contribution in [0.3, 0.4) is 0 Å². The van der Waals surface area contributed by atoms with Gasteiger partial charge in [-0.2, -0.15) is 0 Å². The normalized spacial score (nSPS) is 14.6. The molecule has 3 N–H and O–H groups in total. The molecule has 0 radical (unpaired) electrons. The molecule has 0 saturated heterocycles. The lowest BCUT2D eigenvalue weighted by Crippen LogP contribution is -2.45. The molecule has 0 fully saturated rings. The van der Waals surface area contributed by atoms with Crippen molar-refractivity contribution in [2.45, 2.75) is 283 Å². The molecule has 84 heavy (non-hydrogen) atoms. The molecule has 0 aromatic carbocycles. The van der Waals surface area contributed by atoms with Gasteiger partial charge in [0.1, 0.15) is 13.2 Å². The molecule has 3 atom stereocenters. The number of rotatable bonds is 61. The van der Waals surface area contributed by atoms with Crippen molar-refractivity contribution in [3.05, 3.63) is 146 Å². The number of hydrogen-bond donors (Lipinski definition) is 3. The highest BCUT2D eigenvalue weighted by Gasteiger charge is 2.27. The molecule has 0 heterocycles. The van der Waals surface area contributed by atoms with Crippen LogP contribution in [0.15, 0.2) is 146 Å². The van der Waals surface area contributed by atoms with Gasteiger partial charge >= 0.3 is 7.82 Å². The van der Waals surface area contributed by atoms with Crippen LogP contribution in [-0.4, -0.2) is 73.4 Å². The summed E-state index contributed by atoms with van der Waals surface area (Å²) in [6, 6.07) is -0.890. The molecule has 0 aromatic rings. The van der Waals surface area contributed by atoms with Crippen molar-refractivity contribution in [3.63, 3.8) is 0 Å². The molecule has 9 heteroatoms. The lowest BCUT2D eigenvalue weighted by Gasteiger charge is -2.25. The average Bonchev–Trinajstić information content (AvgIpc) is 3.56. The van der Waals surface area contributed by atoms with E-state index < -0.39 is 20.0 Å². The Kier molecular flexibility index (Phi) is 61.1. The van der Waals surface area contributed by atoms with Gasteiger partial charge in [-0.25, -0.2) is 4.57 Å². The highest BCUT2D eigenvalue weighted by atomic mass is 31.2. The molecule has 0 aromatic heterocycles. The molecule has 0 bridgehead atoms. The van der Waals surface area contributed by atoms with E-state index in [-0.39, 0.29) is 19.1 Å². The largest absolute Gasteiger partial charge is 0.472 e. The van der Waals surface area contributed by atoms with E-state index in [9.17, 15) is 19.4 Å². The molecule has 0 aliphatic heterocycles. The van der Waals surface area contributed by atoms with E-state index in [0.29, 0.717) is 17.4 Å². The second kappa shape index (κ2) is 63.9. The molecule has 0 aliphatic carbocycles. The van der Waals surface area contributed by atoms with Crippen LogP contribution in [0.2, 0.25) is 0 Å². The first-order chi connectivity index (χ1) is 41.0. The Morgan fingerprint density at radius 3 is 1.10 bits per heavy atom. The number of unbranched alkanes of at least 4 members (excludes halogenated alkanes) is 26. The highest BCUT2D eigenvalue weighted by molar-refractivity contribution is 7.47. The zero-order valence-corrected chi connectivity index (χ0v) is 55.7. The van der Waals surface area contributed by atoms with Crippen molar-refractivity contribution in [3.8, 4) is 0 Å². The Balaban J connectivity index is 4.26. The van der Waals surface area contributed by atoms with Crippen molar-refractivity contribution in [2.75, 3.05) is 40.9 Å². The van der Waals surface area contributed by atoms with Crippen LogP contribution in [0.1, 0.15) is 271 Å². The Morgan fingerprint density at radius 1 is 0.417 bits per heavy atom. The zero-order valence-electron chi connectivity index (χ0n) is 54.8.